The molecule has 1 aromatic carbocycles. The van der Waals surface area contributed by atoms with E-state index in [2.05, 4.69) is 29.9 Å². The summed E-state index contributed by atoms with van der Waals surface area (Å²) < 4.78 is 6.27. The van der Waals surface area contributed by atoms with Crippen molar-refractivity contribution in [2.45, 2.75) is 65.4 Å². The van der Waals surface area contributed by atoms with Gasteiger partial charge in [-0.15, -0.1) is 0 Å². The number of hydrogen-bond donors (Lipinski definition) is 1. The van der Waals surface area contributed by atoms with Crippen LogP contribution in [0.4, 0.5) is 5.82 Å². The van der Waals surface area contributed by atoms with Gasteiger partial charge in [-0.25, -0.2) is 4.98 Å². The SMILES string of the molecule is CN=C/C(=C\CC1CCCCC1)c1cnc(N)c(OC(C)c2c(Cl)ccc(C)c2C)c1. The maximum absolute atomic E-state index is 6.49. The molecule has 1 saturated carbocycles. The summed E-state index contributed by atoms with van der Waals surface area (Å²) in [5, 5.41) is 0.699. The third-order valence-corrected chi connectivity index (χ3v) is 6.65. The molecule has 0 bridgehead atoms. The minimum absolute atomic E-state index is 0.249. The van der Waals surface area contributed by atoms with Gasteiger partial charge in [0.15, 0.2) is 11.6 Å². The molecule has 0 saturated heterocycles. The predicted octanol–water partition coefficient (Wildman–Crippen LogP) is 7.13. The fourth-order valence-corrected chi connectivity index (χ4v) is 4.72. The van der Waals surface area contributed by atoms with Crippen LogP contribution in [0, 0.1) is 19.8 Å². The van der Waals surface area contributed by atoms with Gasteiger partial charge in [0.2, 0.25) is 0 Å². The van der Waals surface area contributed by atoms with E-state index in [1.807, 2.05) is 31.3 Å². The van der Waals surface area contributed by atoms with E-state index in [4.69, 9.17) is 22.1 Å². The van der Waals surface area contributed by atoms with Gasteiger partial charge in [-0.1, -0.05) is 55.8 Å². The third-order valence-electron chi connectivity index (χ3n) is 6.32. The number of aliphatic imine (C=N–C) groups is 1. The lowest BCUT2D eigenvalue weighted by Crippen LogP contribution is -2.09. The second-order valence-corrected chi connectivity index (χ2v) is 8.96. The number of rotatable bonds is 7. The monoisotopic (exact) mass is 439 g/mol. The number of nitrogen functional groups attached to an aromatic ring is 1. The first kappa shape index (κ1) is 23.3. The van der Waals surface area contributed by atoms with E-state index in [0.717, 1.165) is 34.6 Å². The molecule has 1 heterocycles. The molecule has 31 heavy (non-hydrogen) atoms. The fraction of sp³-hybridized carbons (Fsp3) is 0.462. The first-order chi connectivity index (χ1) is 14.9. The van der Waals surface area contributed by atoms with Gasteiger partial charge in [-0.2, -0.15) is 0 Å². The van der Waals surface area contributed by atoms with Gasteiger partial charge < -0.3 is 10.5 Å². The third kappa shape index (κ3) is 5.88. The summed E-state index contributed by atoms with van der Waals surface area (Å²) in [5.41, 5.74) is 11.5. The van der Waals surface area contributed by atoms with Crippen LogP contribution in [0.3, 0.4) is 0 Å². The first-order valence-corrected chi connectivity index (χ1v) is 11.6. The Morgan fingerprint density at radius 3 is 2.74 bits per heavy atom. The van der Waals surface area contributed by atoms with Crippen LogP contribution in [0.2, 0.25) is 5.02 Å². The summed E-state index contributed by atoms with van der Waals surface area (Å²) in [6.07, 6.45) is 13.5. The molecule has 4 nitrogen and oxygen atoms in total. The molecule has 2 N–H and O–H groups in total. The van der Waals surface area contributed by atoms with Crippen molar-refractivity contribution in [3.05, 3.63) is 57.7 Å². The van der Waals surface area contributed by atoms with Crippen LogP contribution < -0.4 is 10.5 Å². The van der Waals surface area contributed by atoms with E-state index in [0.29, 0.717) is 16.6 Å². The minimum Gasteiger partial charge on any atom is -0.482 e. The number of hydrogen-bond acceptors (Lipinski definition) is 4. The van der Waals surface area contributed by atoms with Crippen molar-refractivity contribution < 1.29 is 4.74 Å². The van der Waals surface area contributed by atoms with Crippen molar-refractivity contribution in [1.29, 1.82) is 0 Å². The van der Waals surface area contributed by atoms with E-state index in [-0.39, 0.29) is 6.10 Å². The molecule has 1 atom stereocenters. The summed E-state index contributed by atoms with van der Waals surface area (Å²) in [6, 6.07) is 5.91. The Morgan fingerprint density at radius 1 is 1.29 bits per heavy atom. The quantitative estimate of drug-likeness (QED) is 0.466. The summed E-state index contributed by atoms with van der Waals surface area (Å²) in [5.74, 6) is 1.70. The zero-order valence-corrected chi connectivity index (χ0v) is 19.9. The Hall–Kier alpha value is -2.33. The molecule has 2 aromatic rings. The number of benzene rings is 1. The number of aromatic nitrogens is 1. The number of anilines is 1. The van der Waals surface area contributed by atoms with E-state index >= 15 is 0 Å². The Bertz CT molecular complexity index is 961. The summed E-state index contributed by atoms with van der Waals surface area (Å²) >= 11 is 6.49. The van der Waals surface area contributed by atoms with Gasteiger partial charge in [0.1, 0.15) is 6.10 Å². The van der Waals surface area contributed by atoms with Crippen molar-refractivity contribution >= 4 is 29.2 Å². The molecule has 0 radical (unpaired) electrons. The van der Waals surface area contributed by atoms with Crippen molar-refractivity contribution in [1.82, 2.24) is 4.98 Å². The van der Waals surface area contributed by atoms with Crippen molar-refractivity contribution in [3.63, 3.8) is 0 Å². The smallest absolute Gasteiger partial charge is 0.166 e. The topological polar surface area (TPSA) is 60.5 Å². The number of pyridine rings is 1. The van der Waals surface area contributed by atoms with Crippen LogP contribution in [-0.2, 0) is 0 Å². The molecular weight excluding hydrogens is 406 g/mol. The van der Waals surface area contributed by atoms with Crippen LogP contribution in [0.15, 0.2) is 35.5 Å². The summed E-state index contributed by atoms with van der Waals surface area (Å²) in [6.45, 7) is 6.14. The second-order valence-electron chi connectivity index (χ2n) is 8.56. The first-order valence-electron chi connectivity index (χ1n) is 11.2. The Balaban J connectivity index is 1.85. The molecule has 0 amide bonds. The average Bonchev–Trinajstić information content (AvgIpc) is 2.76. The molecule has 1 aromatic heterocycles. The lowest BCUT2D eigenvalue weighted by molar-refractivity contribution is 0.227. The summed E-state index contributed by atoms with van der Waals surface area (Å²) in [4.78, 5) is 8.66. The highest BCUT2D eigenvalue weighted by Crippen LogP contribution is 2.34. The van der Waals surface area contributed by atoms with Gasteiger partial charge in [-0.05, 0) is 61.9 Å². The van der Waals surface area contributed by atoms with Crippen LogP contribution >= 0.6 is 11.6 Å². The Morgan fingerprint density at radius 2 is 2.03 bits per heavy atom. The average molecular weight is 440 g/mol. The van der Waals surface area contributed by atoms with Gasteiger partial charge in [-0.3, -0.25) is 4.99 Å². The van der Waals surface area contributed by atoms with E-state index in [1.165, 1.54) is 37.7 Å². The number of nitrogens with two attached hydrogens (primary N) is 1. The van der Waals surface area contributed by atoms with Crippen LogP contribution in [0.25, 0.3) is 5.57 Å². The van der Waals surface area contributed by atoms with E-state index in [1.54, 1.807) is 13.2 Å². The van der Waals surface area contributed by atoms with E-state index in [9.17, 15) is 0 Å². The molecule has 3 rings (SSSR count). The highest BCUT2D eigenvalue weighted by atomic mass is 35.5. The Labute approximate surface area is 191 Å². The van der Waals surface area contributed by atoms with Crippen LogP contribution in [0.1, 0.15) is 73.8 Å². The minimum atomic E-state index is -0.249. The molecule has 1 fully saturated rings. The molecule has 166 valence electrons. The zero-order chi connectivity index (χ0) is 22.4. The number of allylic oxidation sites excluding steroid dienone is 2. The standard InChI is InChI=1S/C26H34ClN3O/c1-17-10-13-23(27)25(18(17)2)19(3)31-24-14-22(16-30-26(24)28)21(15-29-4)12-11-20-8-6-5-7-9-20/h10,12-16,19-20H,5-9,11H2,1-4H3,(H2,28,30)/b21-12+,29-15?. The molecule has 1 aliphatic rings. The van der Waals surface area contributed by atoms with Gasteiger partial charge in [0.05, 0.1) is 0 Å². The van der Waals surface area contributed by atoms with Crippen molar-refractivity contribution in [2.24, 2.45) is 10.9 Å². The number of halogens is 1. The van der Waals surface area contributed by atoms with Crippen LogP contribution in [0.5, 0.6) is 5.75 Å². The lowest BCUT2D eigenvalue weighted by atomic mass is 9.86. The predicted molar refractivity (Wildman–Crippen MR) is 132 cm³/mol. The van der Waals surface area contributed by atoms with E-state index < -0.39 is 0 Å². The highest BCUT2D eigenvalue weighted by Gasteiger charge is 2.18. The number of aryl methyl sites for hydroxylation is 1. The summed E-state index contributed by atoms with van der Waals surface area (Å²) in [7, 11) is 1.79. The molecule has 5 heteroatoms. The van der Waals surface area contributed by atoms with Gasteiger partial charge in [0, 0.05) is 35.6 Å². The van der Waals surface area contributed by atoms with Crippen LogP contribution in [-0.4, -0.2) is 18.2 Å². The number of ether oxygens (including phenoxy) is 1. The maximum atomic E-state index is 6.49. The molecule has 1 aliphatic carbocycles. The molecule has 0 spiro atoms. The van der Waals surface area contributed by atoms with Crippen molar-refractivity contribution in [3.8, 4) is 5.75 Å². The molecule has 1 unspecified atom stereocenters. The van der Waals surface area contributed by atoms with Gasteiger partial charge in [0.25, 0.3) is 0 Å². The highest BCUT2D eigenvalue weighted by molar-refractivity contribution is 6.31. The fourth-order valence-electron chi connectivity index (χ4n) is 4.36. The largest absolute Gasteiger partial charge is 0.482 e. The zero-order valence-electron chi connectivity index (χ0n) is 19.1. The molecular formula is C26H34ClN3O. The van der Waals surface area contributed by atoms with Gasteiger partial charge >= 0.3 is 0 Å². The van der Waals surface area contributed by atoms with Crippen molar-refractivity contribution in [2.75, 3.05) is 12.8 Å². The molecule has 0 aliphatic heterocycles. The Kier molecular flexibility index (Phi) is 8.14. The number of nitrogens with zero attached hydrogens (tertiary/aromatic N) is 2. The maximum Gasteiger partial charge on any atom is 0.166 e. The lowest BCUT2D eigenvalue weighted by Gasteiger charge is -2.21. The second kappa shape index (κ2) is 10.8. The normalized spacial score (nSPS) is 16.6.